The number of aromatic nitrogens is 1. The first kappa shape index (κ1) is 15.8. The Balaban J connectivity index is 2.46. The molecule has 4 heteroatoms. The van der Waals surface area contributed by atoms with Crippen LogP contribution in [0, 0.1) is 0 Å². The summed E-state index contributed by atoms with van der Waals surface area (Å²) in [5, 5.41) is 3.50. The summed E-state index contributed by atoms with van der Waals surface area (Å²) in [6, 6.07) is 4.59. The highest BCUT2D eigenvalue weighted by atomic mass is 16.2. The van der Waals surface area contributed by atoms with Crippen molar-refractivity contribution in [2.45, 2.75) is 45.7 Å². The van der Waals surface area contributed by atoms with Crippen LogP contribution in [0.25, 0.3) is 0 Å². The van der Waals surface area contributed by atoms with Gasteiger partial charge in [-0.1, -0.05) is 6.92 Å². The van der Waals surface area contributed by atoms with Crippen molar-refractivity contribution >= 4 is 5.91 Å². The van der Waals surface area contributed by atoms with E-state index in [1.54, 1.807) is 19.0 Å². The maximum Gasteiger partial charge on any atom is 0.222 e. The molecule has 0 spiro atoms. The molecule has 1 aromatic heterocycles. The van der Waals surface area contributed by atoms with Crippen LogP contribution >= 0.6 is 0 Å². The van der Waals surface area contributed by atoms with Gasteiger partial charge in [-0.15, -0.1) is 0 Å². The fourth-order valence-corrected chi connectivity index (χ4v) is 2.11. The minimum absolute atomic E-state index is 0.200. The molecule has 0 fully saturated rings. The predicted octanol–water partition coefficient (Wildman–Crippen LogP) is 2.42. The number of nitrogens with zero attached hydrogens (tertiary/aromatic N) is 2. The largest absolute Gasteiger partial charge is 0.350 e. The van der Waals surface area contributed by atoms with Gasteiger partial charge in [-0.05, 0) is 38.4 Å². The van der Waals surface area contributed by atoms with E-state index in [-0.39, 0.29) is 5.91 Å². The fourth-order valence-electron chi connectivity index (χ4n) is 2.11. The second-order valence-electron chi connectivity index (χ2n) is 5.19. The first-order chi connectivity index (χ1) is 9.06. The molecule has 1 aromatic rings. The van der Waals surface area contributed by atoms with Crippen molar-refractivity contribution in [3.63, 3.8) is 0 Å². The van der Waals surface area contributed by atoms with Gasteiger partial charge in [-0.25, -0.2) is 0 Å². The number of carbonyl (C=O) groups is 1. The first-order valence-electron chi connectivity index (χ1n) is 7.14. The van der Waals surface area contributed by atoms with Crippen molar-refractivity contribution in [2.75, 3.05) is 20.6 Å². The molecular formula is C15H27N3O. The second kappa shape index (κ2) is 8.00. The quantitative estimate of drug-likeness (QED) is 0.784. The van der Waals surface area contributed by atoms with E-state index < -0.39 is 0 Å². The average Bonchev–Trinajstić information content (AvgIpc) is 2.84. The molecule has 1 heterocycles. The van der Waals surface area contributed by atoms with Crippen molar-refractivity contribution in [3.05, 3.63) is 24.0 Å². The van der Waals surface area contributed by atoms with Gasteiger partial charge in [0.05, 0.1) is 0 Å². The molecule has 0 saturated carbocycles. The summed E-state index contributed by atoms with van der Waals surface area (Å²) in [5.74, 6) is 0.200. The molecule has 1 atom stereocenters. The van der Waals surface area contributed by atoms with Gasteiger partial charge in [0.25, 0.3) is 0 Å². The third-order valence-corrected chi connectivity index (χ3v) is 3.30. The number of rotatable bonds is 8. The topological polar surface area (TPSA) is 37.3 Å². The molecule has 1 rings (SSSR count). The Labute approximate surface area is 116 Å². The van der Waals surface area contributed by atoms with E-state index in [9.17, 15) is 4.79 Å². The summed E-state index contributed by atoms with van der Waals surface area (Å²) >= 11 is 0. The van der Waals surface area contributed by atoms with E-state index in [2.05, 4.69) is 42.1 Å². The fraction of sp³-hybridized carbons (Fsp3) is 0.667. The van der Waals surface area contributed by atoms with E-state index in [0.29, 0.717) is 12.5 Å². The maximum absolute atomic E-state index is 11.5. The number of aryl methyl sites for hydroxylation is 1. The summed E-state index contributed by atoms with van der Waals surface area (Å²) in [7, 11) is 3.61. The third kappa shape index (κ3) is 5.07. The highest BCUT2D eigenvalue weighted by molar-refractivity contribution is 5.75. The lowest BCUT2D eigenvalue weighted by Gasteiger charge is -2.17. The Bertz CT molecular complexity index is 384. The van der Waals surface area contributed by atoms with Gasteiger partial charge >= 0.3 is 0 Å². The van der Waals surface area contributed by atoms with Gasteiger partial charge in [0, 0.05) is 45.0 Å². The molecule has 1 unspecified atom stereocenters. The molecule has 1 N–H and O–H groups in total. The molecule has 1 amide bonds. The standard InChI is InChI=1S/C15H27N3O/c1-5-10-16-13(2)14-8-6-11-18(14)12-7-9-15(19)17(3)4/h6,8,11,13,16H,5,7,9-10,12H2,1-4H3. The van der Waals surface area contributed by atoms with Gasteiger partial charge in [0.15, 0.2) is 0 Å². The number of carbonyl (C=O) groups excluding carboxylic acids is 1. The molecule has 19 heavy (non-hydrogen) atoms. The van der Waals surface area contributed by atoms with Crippen LogP contribution in [0.3, 0.4) is 0 Å². The van der Waals surface area contributed by atoms with E-state index in [4.69, 9.17) is 0 Å². The Morgan fingerprint density at radius 1 is 1.47 bits per heavy atom. The normalized spacial score (nSPS) is 12.4. The second-order valence-corrected chi connectivity index (χ2v) is 5.19. The third-order valence-electron chi connectivity index (χ3n) is 3.30. The van der Waals surface area contributed by atoms with Crippen molar-refractivity contribution in [2.24, 2.45) is 0 Å². The van der Waals surface area contributed by atoms with Gasteiger partial charge in [0.2, 0.25) is 5.91 Å². The Morgan fingerprint density at radius 2 is 2.21 bits per heavy atom. The zero-order valence-corrected chi connectivity index (χ0v) is 12.6. The smallest absolute Gasteiger partial charge is 0.222 e. The average molecular weight is 265 g/mol. The van der Waals surface area contributed by atoms with Crippen LogP contribution in [0.4, 0.5) is 0 Å². The molecule has 108 valence electrons. The highest BCUT2D eigenvalue weighted by Crippen LogP contribution is 2.14. The van der Waals surface area contributed by atoms with Gasteiger partial charge in [-0.3, -0.25) is 4.79 Å². The molecule has 0 saturated heterocycles. The molecule has 0 bridgehead atoms. The Hall–Kier alpha value is -1.29. The van der Waals surface area contributed by atoms with Crippen LogP contribution in [0.1, 0.15) is 44.8 Å². The number of hydrogen-bond acceptors (Lipinski definition) is 2. The van der Waals surface area contributed by atoms with Crippen molar-refractivity contribution in [1.29, 1.82) is 0 Å². The molecule has 0 aliphatic carbocycles. The van der Waals surface area contributed by atoms with Gasteiger partial charge in [0.1, 0.15) is 0 Å². The molecule has 4 nitrogen and oxygen atoms in total. The predicted molar refractivity (Wildman–Crippen MR) is 79.1 cm³/mol. The monoisotopic (exact) mass is 265 g/mol. The number of nitrogens with one attached hydrogen (secondary N) is 1. The van der Waals surface area contributed by atoms with Crippen LogP contribution in [-0.2, 0) is 11.3 Å². The highest BCUT2D eigenvalue weighted by Gasteiger charge is 2.09. The van der Waals surface area contributed by atoms with E-state index in [0.717, 1.165) is 25.9 Å². The zero-order chi connectivity index (χ0) is 14.3. The van der Waals surface area contributed by atoms with Crippen LogP contribution in [-0.4, -0.2) is 36.0 Å². The molecule has 0 aromatic carbocycles. The van der Waals surface area contributed by atoms with Crippen molar-refractivity contribution in [1.82, 2.24) is 14.8 Å². The summed E-state index contributed by atoms with van der Waals surface area (Å²) in [6.45, 7) is 6.30. The van der Waals surface area contributed by atoms with Crippen LogP contribution in [0.15, 0.2) is 18.3 Å². The van der Waals surface area contributed by atoms with Gasteiger partial charge in [-0.2, -0.15) is 0 Å². The lowest BCUT2D eigenvalue weighted by Crippen LogP contribution is -2.23. The molecular weight excluding hydrogens is 238 g/mol. The lowest BCUT2D eigenvalue weighted by atomic mass is 10.2. The molecule has 0 radical (unpaired) electrons. The van der Waals surface area contributed by atoms with E-state index in [1.807, 2.05) is 0 Å². The zero-order valence-electron chi connectivity index (χ0n) is 12.6. The summed E-state index contributed by atoms with van der Waals surface area (Å²) in [4.78, 5) is 13.2. The van der Waals surface area contributed by atoms with Gasteiger partial charge < -0.3 is 14.8 Å². The summed E-state index contributed by atoms with van der Waals surface area (Å²) in [5.41, 5.74) is 1.30. The van der Waals surface area contributed by atoms with Crippen molar-refractivity contribution < 1.29 is 4.79 Å². The minimum atomic E-state index is 0.200. The number of amides is 1. The first-order valence-corrected chi connectivity index (χ1v) is 7.14. The van der Waals surface area contributed by atoms with Crippen LogP contribution in [0.2, 0.25) is 0 Å². The minimum Gasteiger partial charge on any atom is -0.350 e. The van der Waals surface area contributed by atoms with E-state index >= 15 is 0 Å². The number of hydrogen-bond donors (Lipinski definition) is 1. The lowest BCUT2D eigenvalue weighted by molar-refractivity contribution is -0.128. The summed E-state index contributed by atoms with van der Waals surface area (Å²) < 4.78 is 2.25. The Morgan fingerprint density at radius 3 is 2.84 bits per heavy atom. The van der Waals surface area contributed by atoms with Crippen molar-refractivity contribution in [3.8, 4) is 0 Å². The SMILES string of the molecule is CCCNC(C)c1cccn1CCCC(=O)N(C)C. The molecule has 0 aliphatic rings. The Kier molecular flexibility index (Phi) is 6.64. The van der Waals surface area contributed by atoms with Crippen LogP contribution < -0.4 is 5.32 Å². The van der Waals surface area contributed by atoms with Crippen LogP contribution in [0.5, 0.6) is 0 Å². The maximum atomic E-state index is 11.5. The molecule has 0 aliphatic heterocycles. The summed E-state index contributed by atoms with van der Waals surface area (Å²) in [6.07, 6.45) is 4.74. The van der Waals surface area contributed by atoms with E-state index in [1.165, 1.54) is 5.69 Å².